The second-order valence-electron chi connectivity index (χ2n) is 6.83. The van der Waals surface area contributed by atoms with E-state index in [9.17, 15) is 15.8 Å². The van der Waals surface area contributed by atoms with E-state index in [1.165, 1.54) is 7.11 Å². The Morgan fingerprint density at radius 2 is 1.89 bits per heavy atom. The summed E-state index contributed by atoms with van der Waals surface area (Å²) in [5.74, 6) is -0.427. The van der Waals surface area contributed by atoms with Gasteiger partial charge in [-0.1, -0.05) is 12.1 Å². The number of allylic oxidation sites excluding steroid dienone is 2. The third-order valence-electron chi connectivity index (χ3n) is 5.70. The molecular weight excluding hydrogens is 340 g/mol. The predicted octanol–water partition coefficient (Wildman–Crippen LogP) is 3.72. The average Bonchev–Trinajstić information content (AvgIpc) is 2.72. The van der Waals surface area contributed by atoms with Crippen LogP contribution in [-0.4, -0.2) is 19.9 Å². The Labute approximate surface area is 158 Å². The lowest BCUT2D eigenvalue weighted by Gasteiger charge is -2.46. The molecule has 136 valence electrons. The molecule has 0 amide bonds. The lowest BCUT2D eigenvalue weighted by atomic mass is 9.53. The van der Waals surface area contributed by atoms with E-state index in [1.807, 2.05) is 6.08 Å². The highest BCUT2D eigenvalue weighted by Crippen LogP contribution is 2.56. The first kappa shape index (κ1) is 18.5. The summed E-state index contributed by atoms with van der Waals surface area (Å²) in [5.41, 5.74) is -0.290. The number of hydrogen-bond acceptors (Lipinski definition) is 6. The number of fused-ring (bicyclic) bond motifs is 1. The Morgan fingerprint density at radius 1 is 1.15 bits per heavy atom. The topological polar surface area (TPSA) is 114 Å². The lowest BCUT2D eigenvalue weighted by Crippen LogP contribution is -2.48. The molecule has 1 fully saturated rings. The fourth-order valence-electron chi connectivity index (χ4n) is 4.43. The summed E-state index contributed by atoms with van der Waals surface area (Å²) in [6, 6.07) is 11.6. The second kappa shape index (κ2) is 7.14. The molecule has 0 aliphatic heterocycles. The molecule has 27 heavy (non-hydrogen) atoms. The molecule has 0 radical (unpaired) electrons. The molecule has 0 bridgehead atoms. The van der Waals surface area contributed by atoms with E-state index in [1.54, 1.807) is 25.3 Å². The third kappa shape index (κ3) is 2.64. The molecule has 1 saturated carbocycles. The van der Waals surface area contributed by atoms with Crippen molar-refractivity contribution in [2.45, 2.75) is 25.2 Å². The molecule has 2 aliphatic carbocycles. The number of rotatable bonds is 3. The van der Waals surface area contributed by atoms with Gasteiger partial charge >= 0.3 is 0 Å². The van der Waals surface area contributed by atoms with Crippen molar-refractivity contribution < 1.29 is 9.47 Å². The van der Waals surface area contributed by atoms with Crippen LogP contribution in [0.4, 0.5) is 0 Å². The Morgan fingerprint density at radius 3 is 2.48 bits per heavy atom. The van der Waals surface area contributed by atoms with Crippen molar-refractivity contribution in [3.8, 4) is 29.7 Å². The lowest BCUT2D eigenvalue weighted by molar-refractivity contribution is 0.307. The normalized spacial score (nSPS) is 25.8. The van der Waals surface area contributed by atoms with E-state index in [4.69, 9.17) is 14.9 Å². The largest absolute Gasteiger partial charge is 0.497 e. The van der Waals surface area contributed by atoms with Gasteiger partial charge in [-0.05, 0) is 36.8 Å². The zero-order valence-corrected chi connectivity index (χ0v) is 15.3. The molecule has 0 unspecified atom stereocenters. The summed E-state index contributed by atoms with van der Waals surface area (Å²) in [5, 5.41) is 38.3. The minimum absolute atomic E-state index is 0.137. The van der Waals surface area contributed by atoms with Gasteiger partial charge in [-0.25, -0.2) is 0 Å². The summed E-state index contributed by atoms with van der Waals surface area (Å²) in [6.45, 7) is 0. The van der Waals surface area contributed by atoms with Gasteiger partial charge in [0.1, 0.15) is 17.4 Å². The van der Waals surface area contributed by atoms with E-state index in [2.05, 4.69) is 18.2 Å². The van der Waals surface area contributed by atoms with Gasteiger partial charge in [-0.2, -0.15) is 15.8 Å². The predicted molar refractivity (Wildman–Crippen MR) is 98.2 cm³/mol. The number of methoxy groups -OCH3 is 2. The third-order valence-corrected chi connectivity index (χ3v) is 5.70. The first-order valence-corrected chi connectivity index (χ1v) is 8.80. The van der Waals surface area contributed by atoms with Gasteiger partial charge in [-0.3, -0.25) is 0 Å². The number of nitrogens with zero attached hydrogens (tertiary/aromatic N) is 3. The molecule has 2 aliphatic rings. The van der Waals surface area contributed by atoms with Crippen LogP contribution in [0.1, 0.15) is 30.7 Å². The standard InChI is InChI=1S/C21H20N4O2/c1-26-13-7-8-16(18(9-13)27-2)19-15-6-4-3-5-14(15)17(10-22)20(25)21(19,11-23)12-24/h5,7-9,15,17,19,25H,3-4,6H2,1-2H3/t15-,17-,19+/m1/s1. The Balaban J connectivity index is 2.28. The van der Waals surface area contributed by atoms with E-state index in [0.29, 0.717) is 17.1 Å². The molecule has 1 aromatic carbocycles. The zero-order chi connectivity index (χ0) is 19.6. The maximum atomic E-state index is 10.0. The van der Waals surface area contributed by atoms with Crippen molar-refractivity contribution in [2.75, 3.05) is 14.2 Å². The Kier molecular flexibility index (Phi) is 4.89. The highest BCUT2D eigenvalue weighted by atomic mass is 16.5. The molecule has 6 nitrogen and oxygen atoms in total. The molecule has 0 spiro atoms. The van der Waals surface area contributed by atoms with Crippen LogP contribution in [0.25, 0.3) is 0 Å². The number of nitriles is 3. The average molecular weight is 360 g/mol. The second-order valence-corrected chi connectivity index (χ2v) is 6.83. The van der Waals surface area contributed by atoms with Gasteiger partial charge in [0.05, 0.1) is 38.1 Å². The molecule has 0 heterocycles. The van der Waals surface area contributed by atoms with Crippen LogP contribution in [0.15, 0.2) is 29.8 Å². The summed E-state index contributed by atoms with van der Waals surface area (Å²) in [7, 11) is 3.08. The van der Waals surface area contributed by atoms with Crippen molar-refractivity contribution in [1.29, 1.82) is 21.2 Å². The van der Waals surface area contributed by atoms with Gasteiger partial charge in [0, 0.05) is 17.5 Å². The van der Waals surface area contributed by atoms with Crippen LogP contribution in [0, 0.1) is 56.7 Å². The first-order valence-electron chi connectivity index (χ1n) is 8.80. The monoisotopic (exact) mass is 360 g/mol. The minimum atomic E-state index is -1.71. The van der Waals surface area contributed by atoms with Crippen LogP contribution in [0.5, 0.6) is 11.5 Å². The Hall–Kier alpha value is -3.30. The fourth-order valence-corrected chi connectivity index (χ4v) is 4.43. The summed E-state index contributed by atoms with van der Waals surface area (Å²) in [6.07, 6.45) is 4.54. The number of benzene rings is 1. The SMILES string of the molecule is COc1ccc([C@@H]2[C@@H]3CCCC=C3[C@@H](C#N)C(=N)C2(C#N)C#N)c(OC)c1. The fraction of sp³-hybridized carbons (Fsp3) is 0.429. The molecular formula is C21H20N4O2. The molecule has 0 saturated heterocycles. The molecule has 6 heteroatoms. The van der Waals surface area contributed by atoms with E-state index in [0.717, 1.165) is 24.8 Å². The van der Waals surface area contributed by atoms with Crippen LogP contribution in [-0.2, 0) is 0 Å². The van der Waals surface area contributed by atoms with Crippen LogP contribution >= 0.6 is 0 Å². The maximum absolute atomic E-state index is 10.0. The smallest absolute Gasteiger partial charge is 0.189 e. The highest BCUT2D eigenvalue weighted by molar-refractivity contribution is 6.00. The van der Waals surface area contributed by atoms with Gasteiger partial charge in [0.25, 0.3) is 0 Å². The van der Waals surface area contributed by atoms with Gasteiger partial charge in [0.15, 0.2) is 5.41 Å². The summed E-state index contributed by atoms with van der Waals surface area (Å²) >= 11 is 0. The summed E-state index contributed by atoms with van der Waals surface area (Å²) < 4.78 is 10.8. The first-order chi connectivity index (χ1) is 13.1. The minimum Gasteiger partial charge on any atom is -0.497 e. The zero-order valence-electron chi connectivity index (χ0n) is 15.3. The molecule has 1 N–H and O–H groups in total. The Bertz CT molecular complexity index is 915. The van der Waals surface area contributed by atoms with Crippen LogP contribution < -0.4 is 9.47 Å². The number of hydrogen-bond donors (Lipinski definition) is 1. The summed E-state index contributed by atoms with van der Waals surface area (Å²) in [4.78, 5) is 0. The quantitative estimate of drug-likeness (QED) is 0.825. The van der Waals surface area contributed by atoms with Crippen LogP contribution in [0.2, 0.25) is 0 Å². The molecule has 1 aromatic rings. The maximum Gasteiger partial charge on any atom is 0.189 e. The van der Waals surface area contributed by atoms with Crippen molar-refractivity contribution in [3.63, 3.8) is 0 Å². The van der Waals surface area contributed by atoms with Gasteiger partial charge in [0.2, 0.25) is 0 Å². The number of nitrogens with one attached hydrogen (secondary N) is 1. The van der Waals surface area contributed by atoms with E-state index in [-0.39, 0.29) is 11.6 Å². The van der Waals surface area contributed by atoms with Crippen LogP contribution in [0.3, 0.4) is 0 Å². The van der Waals surface area contributed by atoms with Crippen molar-refractivity contribution in [2.24, 2.45) is 17.3 Å². The van der Waals surface area contributed by atoms with Crippen molar-refractivity contribution >= 4 is 5.71 Å². The van der Waals surface area contributed by atoms with Gasteiger partial charge < -0.3 is 14.9 Å². The molecule has 3 rings (SSSR count). The molecule has 0 aromatic heterocycles. The van der Waals surface area contributed by atoms with E-state index >= 15 is 0 Å². The van der Waals surface area contributed by atoms with Crippen molar-refractivity contribution in [1.82, 2.24) is 0 Å². The molecule has 3 atom stereocenters. The van der Waals surface area contributed by atoms with E-state index < -0.39 is 17.3 Å². The van der Waals surface area contributed by atoms with Crippen molar-refractivity contribution in [3.05, 3.63) is 35.4 Å². The van der Waals surface area contributed by atoms with Gasteiger partial charge in [-0.15, -0.1) is 0 Å². The highest BCUT2D eigenvalue weighted by Gasteiger charge is 2.57. The number of ether oxygens (including phenoxy) is 2.